The summed E-state index contributed by atoms with van der Waals surface area (Å²) in [6.07, 6.45) is 3.80. The number of anilines is 1. The van der Waals surface area contributed by atoms with Gasteiger partial charge < -0.3 is 5.32 Å². The Bertz CT molecular complexity index is 436. The lowest BCUT2D eigenvalue weighted by Crippen LogP contribution is -1.95. The van der Waals surface area contributed by atoms with Crippen molar-refractivity contribution in [2.75, 3.05) is 5.32 Å². The van der Waals surface area contributed by atoms with E-state index in [1.165, 1.54) is 6.33 Å². The Labute approximate surface area is 74.6 Å². The van der Waals surface area contributed by atoms with Crippen molar-refractivity contribution in [1.82, 2.24) is 9.97 Å². The lowest BCUT2D eigenvalue weighted by atomic mass is 10.2. The molecule has 1 aromatic carbocycles. The van der Waals surface area contributed by atoms with Gasteiger partial charge in [0.2, 0.25) is 6.41 Å². The average Bonchev–Trinajstić information content (AvgIpc) is 2.19. The third kappa shape index (κ3) is 1.33. The molecule has 4 nitrogen and oxygen atoms in total. The number of rotatable bonds is 2. The van der Waals surface area contributed by atoms with Crippen LogP contribution < -0.4 is 5.32 Å². The number of aromatic nitrogens is 2. The number of hydrogen-bond acceptors (Lipinski definition) is 3. The van der Waals surface area contributed by atoms with Crippen molar-refractivity contribution in [3.05, 3.63) is 30.7 Å². The molecule has 0 fully saturated rings. The van der Waals surface area contributed by atoms with Gasteiger partial charge in [-0.25, -0.2) is 9.97 Å². The first-order valence-electron chi connectivity index (χ1n) is 3.81. The standard InChI is InChI=1S/C9H7N3O/c13-6-12-8-3-1-2-7-4-10-5-11-9(7)8/h1-6H,(H,12,13). The highest BCUT2D eigenvalue weighted by molar-refractivity contribution is 5.93. The van der Waals surface area contributed by atoms with E-state index in [0.717, 1.165) is 10.9 Å². The summed E-state index contributed by atoms with van der Waals surface area (Å²) < 4.78 is 0. The molecule has 2 rings (SSSR count). The van der Waals surface area contributed by atoms with E-state index in [1.807, 2.05) is 12.1 Å². The second kappa shape index (κ2) is 3.18. The van der Waals surface area contributed by atoms with Gasteiger partial charge in [-0.1, -0.05) is 12.1 Å². The molecule has 2 aromatic rings. The van der Waals surface area contributed by atoms with Crippen LogP contribution in [-0.2, 0) is 4.79 Å². The molecule has 0 bridgehead atoms. The molecule has 13 heavy (non-hydrogen) atoms. The van der Waals surface area contributed by atoms with Gasteiger partial charge in [0.1, 0.15) is 6.33 Å². The molecule has 0 atom stereocenters. The van der Waals surface area contributed by atoms with Gasteiger partial charge in [0, 0.05) is 11.6 Å². The zero-order valence-corrected chi connectivity index (χ0v) is 6.77. The summed E-state index contributed by atoms with van der Waals surface area (Å²) in [5, 5.41) is 3.49. The molecule has 0 saturated heterocycles. The molecule has 1 N–H and O–H groups in total. The van der Waals surface area contributed by atoms with Crippen LogP contribution in [0.15, 0.2) is 30.7 Å². The number of para-hydroxylation sites is 1. The Morgan fingerprint density at radius 2 is 2.31 bits per heavy atom. The maximum Gasteiger partial charge on any atom is 0.211 e. The van der Waals surface area contributed by atoms with Crippen molar-refractivity contribution in [2.45, 2.75) is 0 Å². The van der Waals surface area contributed by atoms with Gasteiger partial charge in [0.15, 0.2) is 0 Å². The summed E-state index contributed by atoms with van der Waals surface area (Å²) >= 11 is 0. The molecule has 0 unspecified atom stereocenters. The van der Waals surface area contributed by atoms with Crippen LogP contribution in [0.3, 0.4) is 0 Å². The van der Waals surface area contributed by atoms with Crippen LogP contribution in [0, 0.1) is 0 Å². The van der Waals surface area contributed by atoms with Crippen LogP contribution in [0.4, 0.5) is 5.69 Å². The van der Waals surface area contributed by atoms with E-state index in [2.05, 4.69) is 15.3 Å². The van der Waals surface area contributed by atoms with Crippen molar-refractivity contribution in [2.24, 2.45) is 0 Å². The minimum Gasteiger partial charge on any atom is -0.327 e. The first-order valence-corrected chi connectivity index (χ1v) is 3.81. The number of fused-ring (bicyclic) bond motifs is 1. The number of carbonyl (C=O) groups excluding carboxylic acids is 1. The number of benzene rings is 1. The van der Waals surface area contributed by atoms with Gasteiger partial charge in [0.25, 0.3) is 0 Å². The molecule has 1 aromatic heterocycles. The first kappa shape index (κ1) is 7.67. The third-order valence-corrected chi connectivity index (χ3v) is 1.75. The second-order valence-corrected chi connectivity index (χ2v) is 2.53. The molecule has 0 spiro atoms. The molecule has 4 heteroatoms. The zero-order valence-electron chi connectivity index (χ0n) is 6.77. The quantitative estimate of drug-likeness (QED) is 0.694. The predicted molar refractivity (Wildman–Crippen MR) is 49.2 cm³/mol. The van der Waals surface area contributed by atoms with Gasteiger partial charge in [-0.3, -0.25) is 4.79 Å². The zero-order chi connectivity index (χ0) is 9.10. The summed E-state index contributed by atoms with van der Waals surface area (Å²) in [6.45, 7) is 0. The lowest BCUT2D eigenvalue weighted by Gasteiger charge is -2.01. The monoisotopic (exact) mass is 173 g/mol. The van der Waals surface area contributed by atoms with Crippen LogP contribution in [0.25, 0.3) is 10.9 Å². The van der Waals surface area contributed by atoms with Crippen LogP contribution in [0.1, 0.15) is 0 Å². The van der Waals surface area contributed by atoms with Crippen molar-refractivity contribution in [3.63, 3.8) is 0 Å². The molecule has 1 heterocycles. The SMILES string of the molecule is O=CNc1cccc2cncnc12. The smallest absolute Gasteiger partial charge is 0.211 e. The minimum atomic E-state index is 0.636. The summed E-state index contributed by atoms with van der Waals surface area (Å²) in [5.74, 6) is 0. The number of nitrogens with one attached hydrogen (secondary N) is 1. The normalized spacial score (nSPS) is 9.85. The molecule has 1 amide bonds. The molecular weight excluding hydrogens is 166 g/mol. The molecule has 64 valence electrons. The fraction of sp³-hybridized carbons (Fsp3) is 0. The van der Waals surface area contributed by atoms with Gasteiger partial charge in [0.05, 0.1) is 11.2 Å². The number of amides is 1. The molecule has 0 aliphatic carbocycles. The summed E-state index contributed by atoms with van der Waals surface area (Å²) in [4.78, 5) is 18.2. The number of carbonyl (C=O) groups is 1. The van der Waals surface area contributed by atoms with E-state index in [1.54, 1.807) is 12.3 Å². The number of hydrogen-bond donors (Lipinski definition) is 1. The maximum absolute atomic E-state index is 10.3. The Morgan fingerprint density at radius 1 is 1.38 bits per heavy atom. The van der Waals surface area contributed by atoms with Crippen LogP contribution >= 0.6 is 0 Å². The van der Waals surface area contributed by atoms with Crippen molar-refractivity contribution in [1.29, 1.82) is 0 Å². The van der Waals surface area contributed by atoms with Crippen LogP contribution in [0.5, 0.6) is 0 Å². The maximum atomic E-state index is 10.3. The second-order valence-electron chi connectivity index (χ2n) is 2.53. The highest BCUT2D eigenvalue weighted by Gasteiger charge is 1.99. The van der Waals surface area contributed by atoms with E-state index in [-0.39, 0.29) is 0 Å². The molecule has 0 saturated carbocycles. The molecule has 0 aliphatic rings. The Morgan fingerprint density at radius 3 is 3.15 bits per heavy atom. The summed E-state index contributed by atoms with van der Waals surface area (Å²) in [6, 6.07) is 5.53. The highest BCUT2D eigenvalue weighted by atomic mass is 16.1. The van der Waals surface area contributed by atoms with Crippen molar-refractivity contribution in [3.8, 4) is 0 Å². The Hall–Kier alpha value is -1.97. The minimum absolute atomic E-state index is 0.636. The van der Waals surface area contributed by atoms with Gasteiger partial charge >= 0.3 is 0 Å². The largest absolute Gasteiger partial charge is 0.327 e. The van der Waals surface area contributed by atoms with E-state index >= 15 is 0 Å². The summed E-state index contributed by atoms with van der Waals surface area (Å²) in [5.41, 5.74) is 1.46. The lowest BCUT2D eigenvalue weighted by molar-refractivity contribution is -0.105. The van der Waals surface area contributed by atoms with Crippen LogP contribution in [0.2, 0.25) is 0 Å². The Balaban J connectivity index is 2.68. The Kier molecular flexibility index (Phi) is 1.88. The third-order valence-electron chi connectivity index (χ3n) is 1.75. The topological polar surface area (TPSA) is 54.9 Å². The average molecular weight is 173 g/mol. The highest BCUT2D eigenvalue weighted by Crippen LogP contribution is 2.18. The van der Waals surface area contributed by atoms with Gasteiger partial charge in [-0.15, -0.1) is 0 Å². The van der Waals surface area contributed by atoms with Crippen molar-refractivity contribution < 1.29 is 4.79 Å². The van der Waals surface area contributed by atoms with E-state index in [0.29, 0.717) is 12.1 Å². The van der Waals surface area contributed by atoms with E-state index in [9.17, 15) is 4.79 Å². The first-order chi connectivity index (χ1) is 6.42. The fourth-order valence-corrected chi connectivity index (χ4v) is 1.19. The fourth-order valence-electron chi connectivity index (χ4n) is 1.19. The van der Waals surface area contributed by atoms with Gasteiger partial charge in [-0.2, -0.15) is 0 Å². The predicted octanol–water partition coefficient (Wildman–Crippen LogP) is 1.20. The number of nitrogens with zero attached hydrogens (tertiary/aromatic N) is 2. The summed E-state index contributed by atoms with van der Waals surface area (Å²) in [7, 11) is 0. The molecule has 0 radical (unpaired) electrons. The molecule has 0 aliphatic heterocycles. The van der Waals surface area contributed by atoms with Gasteiger partial charge in [-0.05, 0) is 6.07 Å². The van der Waals surface area contributed by atoms with Crippen LogP contribution in [-0.4, -0.2) is 16.4 Å². The van der Waals surface area contributed by atoms with Crippen molar-refractivity contribution >= 4 is 23.0 Å². The van der Waals surface area contributed by atoms with E-state index < -0.39 is 0 Å². The van der Waals surface area contributed by atoms with E-state index in [4.69, 9.17) is 0 Å². The molecular formula is C9H7N3O.